The number of aliphatic imine (C=N–C) groups is 1. The second kappa shape index (κ2) is 8.29. The minimum atomic E-state index is -0.218. The van der Waals surface area contributed by atoms with Crippen molar-refractivity contribution in [1.29, 1.82) is 0 Å². The van der Waals surface area contributed by atoms with Gasteiger partial charge in [0.05, 0.1) is 5.54 Å². The molecule has 5 saturated carbocycles. The summed E-state index contributed by atoms with van der Waals surface area (Å²) in [4.78, 5) is 28.1. The average molecular weight is 496 g/mol. The third-order valence-corrected chi connectivity index (χ3v) is 13.5. The minimum Gasteiger partial charge on any atom is -0.462 e. The first-order valence-electron chi connectivity index (χ1n) is 14.7. The zero-order valence-electron chi connectivity index (χ0n) is 23.9. The van der Waals surface area contributed by atoms with Crippen molar-refractivity contribution in [2.45, 2.75) is 124 Å². The Kier molecular flexibility index (Phi) is 6.04. The lowest BCUT2D eigenvalue weighted by Crippen LogP contribution is -2.67. The largest absolute Gasteiger partial charge is 0.462 e. The van der Waals surface area contributed by atoms with Crippen LogP contribution >= 0.6 is 0 Å². The molecule has 0 saturated heterocycles. The molecule has 0 unspecified atom stereocenters. The Bertz CT molecular complexity index is 995. The van der Waals surface area contributed by atoms with Gasteiger partial charge in [-0.15, -0.1) is 0 Å². The van der Waals surface area contributed by atoms with Crippen LogP contribution in [-0.2, 0) is 14.3 Å². The summed E-state index contributed by atoms with van der Waals surface area (Å²) in [5, 5.41) is 0. The average Bonchev–Trinajstić information content (AvgIpc) is 3.16. The first-order chi connectivity index (χ1) is 16.8. The molecule has 0 aromatic heterocycles. The molecule has 0 bridgehead atoms. The van der Waals surface area contributed by atoms with Crippen LogP contribution in [0.2, 0.25) is 0 Å². The van der Waals surface area contributed by atoms with Crippen molar-refractivity contribution < 1.29 is 14.3 Å². The monoisotopic (exact) mass is 495 g/mol. The van der Waals surface area contributed by atoms with Gasteiger partial charge in [0.2, 0.25) is 6.08 Å². The Balaban J connectivity index is 1.52. The van der Waals surface area contributed by atoms with Crippen LogP contribution in [0.3, 0.4) is 0 Å². The Morgan fingerprint density at radius 2 is 1.58 bits per heavy atom. The SMILES string of the molecule is C=C(C)[C@@H]1CC[C@]2(N=C=O)CC[C@]3(C)[C@H](CC[C@@H]4[C@@]5(C)CC[C@H](OC(C)=O)C(C)(C)[C@@H]5CC[C@]43C)[C@@H]12. The number of carbonyl (C=O) groups excluding carboxylic acids is 2. The van der Waals surface area contributed by atoms with Crippen molar-refractivity contribution in [1.82, 2.24) is 0 Å². The number of isocyanates is 1. The summed E-state index contributed by atoms with van der Waals surface area (Å²) in [6.07, 6.45) is 13.4. The van der Waals surface area contributed by atoms with Crippen LogP contribution in [0.4, 0.5) is 0 Å². The topological polar surface area (TPSA) is 55.7 Å². The predicted molar refractivity (Wildman–Crippen MR) is 143 cm³/mol. The number of ether oxygens (including phenoxy) is 1. The Morgan fingerprint density at radius 1 is 0.861 bits per heavy atom. The predicted octanol–water partition coefficient (Wildman–Crippen LogP) is 7.66. The number of allylic oxidation sites excluding steroid dienone is 1. The van der Waals surface area contributed by atoms with Gasteiger partial charge in [0.25, 0.3) is 0 Å². The van der Waals surface area contributed by atoms with E-state index in [2.05, 4.69) is 53.1 Å². The molecular weight excluding hydrogens is 446 g/mol. The van der Waals surface area contributed by atoms with Gasteiger partial charge < -0.3 is 4.74 Å². The fourth-order valence-corrected chi connectivity index (χ4v) is 11.8. The molecule has 0 heterocycles. The second-order valence-electron chi connectivity index (χ2n) is 15.0. The summed E-state index contributed by atoms with van der Waals surface area (Å²) >= 11 is 0. The summed E-state index contributed by atoms with van der Waals surface area (Å²) in [7, 11) is 0. The van der Waals surface area contributed by atoms with E-state index < -0.39 is 0 Å². The molecule has 4 nitrogen and oxygen atoms in total. The Morgan fingerprint density at radius 3 is 2.22 bits per heavy atom. The lowest BCUT2D eigenvalue weighted by Gasteiger charge is -2.72. The van der Waals surface area contributed by atoms with Gasteiger partial charge in [0, 0.05) is 12.3 Å². The fourth-order valence-electron chi connectivity index (χ4n) is 11.8. The maximum Gasteiger partial charge on any atom is 0.302 e. The highest BCUT2D eigenvalue weighted by Crippen LogP contribution is 2.76. The van der Waals surface area contributed by atoms with Gasteiger partial charge in [-0.25, -0.2) is 4.79 Å². The van der Waals surface area contributed by atoms with Gasteiger partial charge in [-0.05, 0) is 117 Å². The van der Waals surface area contributed by atoms with Crippen LogP contribution in [-0.4, -0.2) is 23.7 Å². The zero-order valence-corrected chi connectivity index (χ0v) is 23.9. The number of fused-ring (bicyclic) bond motifs is 7. The first-order valence-corrected chi connectivity index (χ1v) is 14.7. The molecule has 200 valence electrons. The summed E-state index contributed by atoms with van der Waals surface area (Å²) in [5.41, 5.74) is 1.83. The van der Waals surface area contributed by atoms with Gasteiger partial charge in [0.15, 0.2) is 0 Å². The summed E-state index contributed by atoms with van der Waals surface area (Å²) in [5.74, 6) is 2.58. The third kappa shape index (κ3) is 3.28. The number of esters is 1. The number of carbonyl (C=O) groups is 1. The van der Waals surface area contributed by atoms with Gasteiger partial charge in [0.1, 0.15) is 6.10 Å². The maximum absolute atomic E-state index is 11.9. The zero-order chi connectivity index (χ0) is 26.3. The molecule has 36 heavy (non-hydrogen) atoms. The van der Waals surface area contributed by atoms with E-state index in [1.165, 1.54) is 31.3 Å². The van der Waals surface area contributed by atoms with Crippen molar-refractivity contribution in [2.24, 2.45) is 56.2 Å². The molecule has 10 atom stereocenters. The van der Waals surface area contributed by atoms with Crippen LogP contribution < -0.4 is 0 Å². The van der Waals surface area contributed by atoms with Crippen molar-refractivity contribution in [3.05, 3.63) is 12.2 Å². The third-order valence-electron chi connectivity index (χ3n) is 13.5. The van der Waals surface area contributed by atoms with E-state index in [1.807, 2.05) is 6.08 Å². The highest BCUT2D eigenvalue weighted by Gasteiger charge is 2.71. The molecule has 0 aromatic carbocycles. The second-order valence-corrected chi connectivity index (χ2v) is 15.0. The van der Waals surface area contributed by atoms with E-state index in [-0.39, 0.29) is 39.3 Å². The van der Waals surface area contributed by atoms with Crippen molar-refractivity contribution in [3.8, 4) is 0 Å². The molecule has 5 aliphatic carbocycles. The summed E-state index contributed by atoms with van der Waals surface area (Å²) in [6, 6.07) is 0. The minimum absolute atomic E-state index is 0.00531. The summed E-state index contributed by atoms with van der Waals surface area (Å²) < 4.78 is 5.89. The molecule has 4 heteroatoms. The van der Waals surface area contributed by atoms with Crippen LogP contribution in [0.1, 0.15) is 113 Å². The lowest BCUT2D eigenvalue weighted by atomic mass is 9.32. The van der Waals surface area contributed by atoms with Crippen LogP contribution in [0.5, 0.6) is 0 Å². The van der Waals surface area contributed by atoms with Gasteiger partial charge in [-0.1, -0.05) is 46.8 Å². The van der Waals surface area contributed by atoms with Crippen LogP contribution in [0, 0.1) is 51.2 Å². The van der Waals surface area contributed by atoms with E-state index >= 15 is 0 Å². The molecule has 0 aliphatic heterocycles. The lowest BCUT2D eigenvalue weighted by molar-refractivity contribution is -0.244. The summed E-state index contributed by atoms with van der Waals surface area (Å²) in [6.45, 7) is 20.7. The van der Waals surface area contributed by atoms with E-state index in [1.54, 1.807) is 6.92 Å². The van der Waals surface area contributed by atoms with Gasteiger partial charge >= 0.3 is 5.97 Å². The quantitative estimate of drug-likeness (QED) is 0.175. The Labute approximate surface area is 219 Å². The number of rotatable bonds is 3. The van der Waals surface area contributed by atoms with Crippen molar-refractivity contribution in [2.75, 3.05) is 0 Å². The molecule has 0 radical (unpaired) electrons. The normalized spacial score (nSPS) is 51.0. The maximum atomic E-state index is 11.9. The smallest absolute Gasteiger partial charge is 0.302 e. The molecule has 0 N–H and O–H groups in total. The number of hydrogen-bond acceptors (Lipinski definition) is 4. The fraction of sp³-hybridized carbons (Fsp3) is 0.875. The number of hydrogen-bond donors (Lipinski definition) is 0. The molecule has 5 fully saturated rings. The van der Waals surface area contributed by atoms with Gasteiger partial charge in [-0.2, -0.15) is 4.99 Å². The van der Waals surface area contributed by atoms with Crippen molar-refractivity contribution >= 4 is 12.0 Å². The van der Waals surface area contributed by atoms with E-state index in [9.17, 15) is 9.59 Å². The highest BCUT2D eigenvalue weighted by molar-refractivity contribution is 5.66. The first kappa shape index (κ1) is 26.2. The van der Waals surface area contributed by atoms with E-state index in [4.69, 9.17) is 4.74 Å². The number of nitrogens with zero attached hydrogens (tertiary/aromatic N) is 1. The molecule has 5 aliphatic rings. The molecule has 5 rings (SSSR count). The van der Waals surface area contributed by atoms with Crippen molar-refractivity contribution in [3.63, 3.8) is 0 Å². The van der Waals surface area contributed by atoms with Crippen LogP contribution in [0.15, 0.2) is 17.1 Å². The van der Waals surface area contributed by atoms with Gasteiger partial charge in [-0.3, -0.25) is 4.79 Å². The molecule has 0 spiro atoms. The molecular formula is C32H49NO3. The standard InChI is InChI=1S/C32H49NO3/c1-20(2)22-11-16-32(33-19-34)18-17-30(7)23(27(22)32)9-10-25-29(6)14-13-26(36-21(3)35)28(4,5)24(29)12-15-31(25,30)8/h22-27H,1,9-18H2,2-8H3/t22-,23+,24-,25+,26-,27+,29-,30+,31+,32-/m0/s1. The molecule has 0 aromatic rings. The Hall–Kier alpha value is -1.41. The highest BCUT2D eigenvalue weighted by atomic mass is 16.5. The molecule has 0 amide bonds. The van der Waals surface area contributed by atoms with E-state index in [0.29, 0.717) is 29.6 Å². The van der Waals surface area contributed by atoms with E-state index in [0.717, 1.165) is 38.5 Å². The van der Waals surface area contributed by atoms with Crippen LogP contribution in [0.25, 0.3) is 0 Å².